The highest BCUT2D eigenvalue weighted by molar-refractivity contribution is 6.14. The zero-order valence-corrected chi connectivity index (χ0v) is 32.1. The van der Waals surface area contributed by atoms with Crippen LogP contribution in [0.1, 0.15) is 10.4 Å². The maximum Gasteiger partial charge on any atom is 0.336 e. The van der Waals surface area contributed by atoms with Gasteiger partial charge in [-0.1, -0.05) is 24.3 Å². The molecule has 0 saturated carbocycles. The van der Waals surface area contributed by atoms with Crippen LogP contribution in [0, 0.1) is 0 Å². The van der Waals surface area contributed by atoms with Crippen molar-refractivity contribution in [1.82, 2.24) is 4.98 Å². The van der Waals surface area contributed by atoms with Crippen LogP contribution in [0.2, 0.25) is 0 Å². The van der Waals surface area contributed by atoms with Gasteiger partial charge in [0.15, 0.2) is 0 Å². The summed E-state index contributed by atoms with van der Waals surface area (Å²) < 4.78 is 29.8. The van der Waals surface area contributed by atoms with E-state index in [4.69, 9.17) is 28.7 Å². The molecule has 0 unspecified atom stereocenters. The number of pyridine rings is 1. The molecule has 0 aliphatic carbocycles. The molecule has 2 heterocycles. The molecule has 286 valence electrons. The summed E-state index contributed by atoms with van der Waals surface area (Å²) in [6.07, 6.45) is 0. The van der Waals surface area contributed by atoms with Crippen LogP contribution in [0.15, 0.2) is 72.8 Å². The van der Waals surface area contributed by atoms with E-state index in [9.17, 15) is 9.90 Å². The fourth-order valence-corrected chi connectivity index (χ4v) is 6.85. The Morgan fingerprint density at radius 2 is 1.15 bits per heavy atom. The van der Waals surface area contributed by atoms with Crippen molar-refractivity contribution >= 4 is 50.5 Å². The standard InChI is InChI=1S/C42H51N5O7/c1-44(2)29-11-13-31-35(25-29)43-36-26-30(45(3)4)12-14-32(36)41(31)33-27-38(40(51-6)28-34(33)42(48)49)47-17-20-52-19-15-46(16-21-53-23-24-54-22-18-47)37-9-7-8-10-39(37)50-5/h7-14,25-28H,15-24H2,1-6H3,(H,48,49). The fourth-order valence-electron chi connectivity index (χ4n) is 6.85. The molecule has 5 aromatic rings. The van der Waals surface area contributed by atoms with Crippen LogP contribution in [0.4, 0.5) is 22.7 Å². The molecule has 0 radical (unpaired) electrons. The van der Waals surface area contributed by atoms with Gasteiger partial charge in [0.2, 0.25) is 0 Å². The van der Waals surface area contributed by atoms with Crippen LogP contribution in [0.5, 0.6) is 11.5 Å². The maximum atomic E-state index is 13.1. The Bertz CT molecular complexity index is 2010. The number of fused-ring (bicyclic) bond motifs is 2. The minimum Gasteiger partial charge on any atom is -0.495 e. The lowest BCUT2D eigenvalue weighted by atomic mass is 9.91. The third-order valence-corrected chi connectivity index (χ3v) is 9.75. The molecule has 0 spiro atoms. The number of aromatic nitrogens is 1. The predicted octanol–water partition coefficient (Wildman–Crippen LogP) is 6.28. The Kier molecular flexibility index (Phi) is 12.6. The number of hydrogen-bond acceptors (Lipinski definition) is 11. The molecule has 1 aromatic heterocycles. The highest BCUT2D eigenvalue weighted by Crippen LogP contribution is 2.43. The second-order valence-electron chi connectivity index (χ2n) is 13.5. The number of carbonyl (C=O) groups is 1. The van der Waals surface area contributed by atoms with Gasteiger partial charge in [-0.25, -0.2) is 9.78 Å². The average molecular weight is 738 g/mol. The van der Waals surface area contributed by atoms with Crippen molar-refractivity contribution in [3.63, 3.8) is 0 Å². The van der Waals surface area contributed by atoms with E-state index in [1.165, 1.54) is 0 Å². The number of aromatic carboxylic acids is 1. The van der Waals surface area contributed by atoms with Crippen molar-refractivity contribution in [3.8, 4) is 22.6 Å². The van der Waals surface area contributed by atoms with Gasteiger partial charge in [-0.15, -0.1) is 0 Å². The molecule has 4 aromatic carbocycles. The number of ether oxygens (including phenoxy) is 5. The summed E-state index contributed by atoms with van der Waals surface area (Å²) in [4.78, 5) is 26.6. The number of carboxylic acids is 1. The summed E-state index contributed by atoms with van der Waals surface area (Å²) in [5.74, 6) is 0.196. The summed E-state index contributed by atoms with van der Waals surface area (Å²) in [7, 11) is 11.2. The Morgan fingerprint density at radius 1 is 0.648 bits per heavy atom. The normalized spacial score (nSPS) is 15.1. The first-order chi connectivity index (χ1) is 26.2. The molecule has 1 N–H and O–H groups in total. The summed E-state index contributed by atoms with van der Waals surface area (Å²) in [5.41, 5.74) is 6.77. The van der Waals surface area contributed by atoms with Crippen molar-refractivity contribution in [3.05, 3.63) is 78.4 Å². The molecule has 1 aliphatic rings. The number of benzene rings is 4. The number of hydrogen-bond donors (Lipinski definition) is 1. The van der Waals surface area contributed by atoms with Gasteiger partial charge in [-0.2, -0.15) is 0 Å². The van der Waals surface area contributed by atoms with Crippen LogP contribution in [-0.4, -0.2) is 124 Å². The van der Waals surface area contributed by atoms with Crippen molar-refractivity contribution in [2.24, 2.45) is 0 Å². The first kappa shape index (κ1) is 38.4. The highest BCUT2D eigenvalue weighted by atomic mass is 16.5. The largest absolute Gasteiger partial charge is 0.495 e. The molecule has 12 heteroatoms. The third-order valence-electron chi connectivity index (χ3n) is 9.75. The first-order valence-corrected chi connectivity index (χ1v) is 18.2. The van der Waals surface area contributed by atoms with Gasteiger partial charge in [-0.3, -0.25) is 0 Å². The van der Waals surface area contributed by atoms with Crippen LogP contribution in [-0.2, 0) is 14.2 Å². The van der Waals surface area contributed by atoms with Gasteiger partial charge < -0.3 is 48.4 Å². The Balaban J connectivity index is 1.41. The zero-order valence-electron chi connectivity index (χ0n) is 32.1. The summed E-state index contributed by atoms with van der Waals surface area (Å²) >= 11 is 0. The summed E-state index contributed by atoms with van der Waals surface area (Å²) in [5, 5.41) is 12.4. The minimum atomic E-state index is -1.05. The monoisotopic (exact) mass is 737 g/mol. The van der Waals surface area contributed by atoms with Crippen molar-refractivity contribution in [1.29, 1.82) is 0 Å². The maximum absolute atomic E-state index is 13.1. The first-order valence-electron chi connectivity index (χ1n) is 18.2. The SMILES string of the molecule is COc1ccccc1N1CCOCCOCCN(c2cc(-c3c4ccc(N(C)C)cc4nc4cc(N(C)C)ccc34)c(C(=O)O)cc2OC)CCOCC1. The number of anilines is 4. The Labute approximate surface area is 317 Å². The van der Waals surface area contributed by atoms with Crippen LogP contribution < -0.4 is 29.1 Å². The molecular formula is C42H51N5O7. The van der Waals surface area contributed by atoms with Gasteiger partial charge >= 0.3 is 5.97 Å². The lowest BCUT2D eigenvalue weighted by molar-refractivity contribution is 0.0530. The highest BCUT2D eigenvalue weighted by Gasteiger charge is 2.24. The summed E-state index contributed by atoms with van der Waals surface area (Å²) in [6.45, 7) is 5.15. The molecule has 0 bridgehead atoms. The predicted molar refractivity (Wildman–Crippen MR) is 217 cm³/mol. The van der Waals surface area contributed by atoms with Gasteiger partial charge in [-0.05, 0) is 54.1 Å². The number of carboxylic acid groups (broad SMARTS) is 1. The molecular weight excluding hydrogens is 686 g/mol. The van der Waals surface area contributed by atoms with Crippen molar-refractivity contribution < 1.29 is 33.6 Å². The van der Waals surface area contributed by atoms with E-state index < -0.39 is 5.97 Å². The second-order valence-corrected chi connectivity index (χ2v) is 13.5. The van der Waals surface area contributed by atoms with Gasteiger partial charge in [0, 0.05) is 82.1 Å². The fraction of sp³-hybridized carbons (Fsp3) is 0.381. The number of rotatable bonds is 8. The molecule has 1 fully saturated rings. The lowest BCUT2D eigenvalue weighted by Crippen LogP contribution is -2.33. The number of methoxy groups -OCH3 is 2. The van der Waals surface area contributed by atoms with E-state index in [1.54, 1.807) is 20.3 Å². The average Bonchev–Trinajstić information content (AvgIpc) is 3.18. The lowest BCUT2D eigenvalue weighted by Gasteiger charge is -2.28. The van der Waals surface area contributed by atoms with Gasteiger partial charge in [0.1, 0.15) is 11.5 Å². The third kappa shape index (κ3) is 8.57. The summed E-state index contributed by atoms with van der Waals surface area (Å²) in [6, 6.07) is 23.7. The van der Waals surface area contributed by atoms with E-state index in [0.29, 0.717) is 77.1 Å². The molecule has 0 atom stereocenters. The number of para-hydroxylation sites is 2. The van der Waals surface area contributed by atoms with E-state index in [1.807, 2.05) is 105 Å². The van der Waals surface area contributed by atoms with E-state index in [0.717, 1.165) is 55.9 Å². The zero-order chi connectivity index (χ0) is 38.2. The van der Waals surface area contributed by atoms with Crippen molar-refractivity contribution in [2.75, 3.05) is 128 Å². The number of nitrogens with zero attached hydrogens (tertiary/aromatic N) is 5. The van der Waals surface area contributed by atoms with Gasteiger partial charge in [0.25, 0.3) is 0 Å². The van der Waals surface area contributed by atoms with Gasteiger partial charge in [0.05, 0.1) is 81.8 Å². The minimum absolute atomic E-state index is 0.136. The molecule has 6 rings (SSSR count). The molecule has 1 aliphatic heterocycles. The molecule has 12 nitrogen and oxygen atoms in total. The smallest absolute Gasteiger partial charge is 0.336 e. The molecule has 54 heavy (non-hydrogen) atoms. The van der Waals surface area contributed by atoms with Crippen molar-refractivity contribution in [2.45, 2.75) is 0 Å². The second kappa shape index (κ2) is 17.7. The Morgan fingerprint density at radius 3 is 1.65 bits per heavy atom. The quantitative estimate of drug-likeness (QED) is 0.181. The van der Waals surface area contributed by atoms with E-state index in [2.05, 4.69) is 9.80 Å². The van der Waals surface area contributed by atoms with E-state index in [-0.39, 0.29) is 5.56 Å². The molecule has 0 amide bonds. The van der Waals surface area contributed by atoms with Crippen LogP contribution >= 0.6 is 0 Å². The topological polar surface area (TPSA) is 109 Å². The Hall–Kier alpha value is -5.30. The van der Waals surface area contributed by atoms with Crippen LogP contribution in [0.3, 0.4) is 0 Å². The molecule has 1 saturated heterocycles. The van der Waals surface area contributed by atoms with Crippen LogP contribution in [0.25, 0.3) is 32.9 Å². The van der Waals surface area contributed by atoms with E-state index >= 15 is 0 Å².